The summed E-state index contributed by atoms with van der Waals surface area (Å²) in [5, 5.41) is 0. The minimum atomic E-state index is -3.42. The molecule has 1 aromatic heterocycles. The SMILES string of the molecule is CCC1CCN(S(=O)(=O)c2ccc(NN)nc2)CC1. The number of aromatic nitrogens is 1. The van der Waals surface area contributed by atoms with E-state index < -0.39 is 10.0 Å². The van der Waals surface area contributed by atoms with Crippen LogP contribution in [0.2, 0.25) is 0 Å². The van der Waals surface area contributed by atoms with E-state index in [9.17, 15) is 8.42 Å². The minimum absolute atomic E-state index is 0.224. The van der Waals surface area contributed by atoms with E-state index in [1.54, 1.807) is 10.4 Å². The molecule has 0 aromatic carbocycles. The number of hydrogen-bond acceptors (Lipinski definition) is 5. The number of nitrogens with one attached hydrogen (secondary N) is 1. The van der Waals surface area contributed by atoms with Crippen molar-refractivity contribution < 1.29 is 8.42 Å². The van der Waals surface area contributed by atoms with Crippen molar-refractivity contribution in [2.24, 2.45) is 11.8 Å². The predicted octanol–water partition coefficient (Wildman–Crippen LogP) is 1.18. The first kappa shape index (κ1) is 14.2. The molecular weight excluding hydrogens is 264 g/mol. The summed E-state index contributed by atoms with van der Waals surface area (Å²) in [6.07, 6.45) is 4.33. The molecule has 1 saturated heterocycles. The smallest absolute Gasteiger partial charge is 0.244 e. The van der Waals surface area contributed by atoms with Gasteiger partial charge in [0, 0.05) is 19.3 Å². The summed E-state index contributed by atoms with van der Waals surface area (Å²) >= 11 is 0. The average molecular weight is 284 g/mol. The van der Waals surface area contributed by atoms with Crippen LogP contribution in [-0.4, -0.2) is 30.8 Å². The number of anilines is 1. The molecule has 1 fully saturated rings. The van der Waals surface area contributed by atoms with Gasteiger partial charge in [0.2, 0.25) is 10.0 Å². The Morgan fingerprint density at radius 3 is 2.58 bits per heavy atom. The fraction of sp³-hybridized carbons (Fsp3) is 0.583. The zero-order valence-electron chi connectivity index (χ0n) is 11.0. The molecule has 1 aliphatic heterocycles. The molecule has 0 spiro atoms. The van der Waals surface area contributed by atoms with Gasteiger partial charge in [-0.2, -0.15) is 4.31 Å². The van der Waals surface area contributed by atoms with E-state index in [2.05, 4.69) is 17.3 Å². The lowest BCUT2D eigenvalue weighted by atomic mass is 9.96. The van der Waals surface area contributed by atoms with Crippen LogP contribution in [0.3, 0.4) is 0 Å². The molecule has 1 aromatic rings. The Balaban J connectivity index is 2.13. The molecule has 0 radical (unpaired) electrons. The van der Waals surface area contributed by atoms with Gasteiger partial charge in [0.25, 0.3) is 0 Å². The lowest BCUT2D eigenvalue weighted by Crippen LogP contribution is -2.38. The Morgan fingerprint density at radius 1 is 1.42 bits per heavy atom. The lowest BCUT2D eigenvalue weighted by Gasteiger charge is -2.30. The van der Waals surface area contributed by atoms with E-state index in [-0.39, 0.29) is 4.90 Å². The fourth-order valence-electron chi connectivity index (χ4n) is 2.33. The first-order chi connectivity index (χ1) is 9.07. The van der Waals surface area contributed by atoms with Gasteiger partial charge in [-0.25, -0.2) is 19.2 Å². The molecule has 3 N–H and O–H groups in total. The van der Waals surface area contributed by atoms with Crippen molar-refractivity contribution in [1.29, 1.82) is 0 Å². The van der Waals surface area contributed by atoms with Crippen LogP contribution < -0.4 is 11.3 Å². The molecule has 0 bridgehead atoms. The Kier molecular flexibility index (Phi) is 4.38. The van der Waals surface area contributed by atoms with Gasteiger partial charge in [0.1, 0.15) is 10.7 Å². The van der Waals surface area contributed by atoms with Crippen molar-refractivity contribution in [1.82, 2.24) is 9.29 Å². The van der Waals surface area contributed by atoms with Gasteiger partial charge in [0.05, 0.1) is 0 Å². The summed E-state index contributed by atoms with van der Waals surface area (Å²) in [5.41, 5.74) is 2.38. The van der Waals surface area contributed by atoms with E-state index in [1.807, 2.05) is 0 Å². The zero-order chi connectivity index (χ0) is 13.9. The Labute approximate surface area is 114 Å². The molecular formula is C12H20N4O2S. The number of hydrogen-bond donors (Lipinski definition) is 2. The number of rotatable bonds is 4. The highest BCUT2D eigenvalue weighted by Gasteiger charge is 2.28. The topological polar surface area (TPSA) is 88.3 Å². The van der Waals surface area contributed by atoms with Crippen LogP contribution in [0.5, 0.6) is 0 Å². The summed E-state index contributed by atoms with van der Waals surface area (Å²) in [6.45, 7) is 3.34. The zero-order valence-corrected chi connectivity index (χ0v) is 11.9. The normalized spacial score (nSPS) is 18.4. The van der Waals surface area contributed by atoms with Crippen LogP contribution >= 0.6 is 0 Å². The fourth-order valence-corrected chi connectivity index (χ4v) is 3.74. The van der Waals surface area contributed by atoms with Gasteiger partial charge < -0.3 is 5.43 Å². The number of nitrogens with two attached hydrogens (primary N) is 1. The molecule has 0 aliphatic carbocycles. The highest BCUT2D eigenvalue weighted by molar-refractivity contribution is 7.89. The molecule has 2 heterocycles. The molecule has 0 atom stereocenters. The second-order valence-corrected chi connectivity index (χ2v) is 6.72. The summed E-state index contributed by atoms with van der Waals surface area (Å²) < 4.78 is 26.4. The number of sulfonamides is 1. The van der Waals surface area contributed by atoms with Crippen LogP contribution in [0.25, 0.3) is 0 Å². The van der Waals surface area contributed by atoms with Crippen LogP contribution in [0.1, 0.15) is 26.2 Å². The molecule has 0 saturated carbocycles. The standard InChI is InChI=1S/C12H20N4O2S/c1-2-10-5-7-16(8-6-10)19(17,18)11-3-4-12(15-13)14-9-11/h3-4,9-10H,2,5-8,13H2,1H3,(H,14,15). The predicted molar refractivity (Wildman–Crippen MR) is 73.8 cm³/mol. The number of nitrogens with zero attached hydrogens (tertiary/aromatic N) is 2. The Morgan fingerprint density at radius 2 is 2.11 bits per heavy atom. The summed E-state index contributed by atoms with van der Waals surface area (Å²) in [5.74, 6) is 6.30. The third-order valence-electron chi connectivity index (χ3n) is 3.67. The van der Waals surface area contributed by atoms with Gasteiger partial charge in [-0.15, -0.1) is 0 Å². The summed E-state index contributed by atoms with van der Waals surface area (Å²) in [4.78, 5) is 4.17. The number of hydrazine groups is 1. The van der Waals surface area contributed by atoms with Crippen molar-refractivity contribution in [3.05, 3.63) is 18.3 Å². The van der Waals surface area contributed by atoms with Gasteiger partial charge in [-0.3, -0.25) is 0 Å². The van der Waals surface area contributed by atoms with Crippen LogP contribution in [0.4, 0.5) is 5.82 Å². The number of piperidine rings is 1. The van der Waals surface area contributed by atoms with Crippen molar-refractivity contribution >= 4 is 15.8 Å². The van der Waals surface area contributed by atoms with Crippen LogP contribution in [-0.2, 0) is 10.0 Å². The van der Waals surface area contributed by atoms with E-state index in [0.29, 0.717) is 24.8 Å². The number of pyridine rings is 1. The first-order valence-corrected chi connectivity index (χ1v) is 7.94. The summed E-state index contributed by atoms with van der Waals surface area (Å²) in [7, 11) is -3.42. The van der Waals surface area contributed by atoms with Crippen molar-refractivity contribution in [3.8, 4) is 0 Å². The molecule has 106 valence electrons. The maximum atomic E-state index is 12.4. The second kappa shape index (κ2) is 5.85. The van der Waals surface area contributed by atoms with Crippen molar-refractivity contribution in [2.75, 3.05) is 18.5 Å². The van der Waals surface area contributed by atoms with E-state index >= 15 is 0 Å². The molecule has 0 unspecified atom stereocenters. The van der Waals surface area contributed by atoms with Gasteiger partial charge in [-0.05, 0) is 30.9 Å². The third-order valence-corrected chi connectivity index (χ3v) is 5.56. The van der Waals surface area contributed by atoms with Crippen molar-refractivity contribution in [2.45, 2.75) is 31.1 Å². The molecule has 6 nitrogen and oxygen atoms in total. The average Bonchev–Trinajstić information content (AvgIpc) is 2.47. The van der Waals surface area contributed by atoms with Gasteiger partial charge in [-0.1, -0.05) is 13.3 Å². The van der Waals surface area contributed by atoms with Gasteiger partial charge in [0.15, 0.2) is 0 Å². The van der Waals surface area contributed by atoms with Crippen LogP contribution in [0.15, 0.2) is 23.2 Å². The molecule has 1 aliphatic rings. The van der Waals surface area contributed by atoms with Crippen LogP contribution in [0, 0.1) is 5.92 Å². The monoisotopic (exact) mass is 284 g/mol. The van der Waals surface area contributed by atoms with Gasteiger partial charge >= 0.3 is 0 Å². The minimum Gasteiger partial charge on any atom is -0.308 e. The lowest BCUT2D eigenvalue weighted by molar-refractivity contribution is 0.269. The van der Waals surface area contributed by atoms with E-state index in [0.717, 1.165) is 19.3 Å². The molecule has 0 amide bonds. The largest absolute Gasteiger partial charge is 0.308 e. The van der Waals surface area contributed by atoms with E-state index in [1.165, 1.54) is 12.3 Å². The quantitative estimate of drug-likeness (QED) is 0.640. The highest BCUT2D eigenvalue weighted by atomic mass is 32.2. The first-order valence-electron chi connectivity index (χ1n) is 6.50. The Hall–Kier alpha value is -1.18. The Bertz CT molecular complexity index is 507. The summed E-state index contributed by atoms with van der Waals surface area (Å²) in [6, 6.07) is 3.09. The number of nitrogen functional groups attached to an aromatic ring is 1. The third kappa shape index (κ3) is 3.05. The highest BCUT2D eigenvalue weighted by Crippen LogP contribution is 2.25. The van der Waals surface area contributed by atoms with E-state index in [4.69, 9.17) is 5.84 Å². The van der Waals surface area contributed by atoms with Crippen molar-refractivity contribution in [3.63, 3.8) is 0 Å². The molecule has 19 heavy (non-hydrogen) atoms. The molecule has 2 rings (SSSR count). The molecule has 7 heteroatoms. The maximum absolute atomic E-state index is 12.4. The second-order valence-electron chi connectivity index (χ2n) is 4.78. The maximum Gasteiger partial charge on any atom is 0.244 e.